The van der Waals surface area contributed by atoms with Crippen LogP contribution in [0.15, 0.2) is 48.5 Å². The Bertz CT molecular complexity index is 691. The average Bonchev–Trinajstić information content (AvgIpc) is 2.54. The monoisotopic (exact) mass is 322 g/mol. The molecule has 0 aliphatic heterocycles. The zero-order valence-corrected chi connectivity index (χ0v) is 12.9. The summed E-state index contributed by atoms with van der Waals surface area (Å²) in [6, 6.07) is 10.8. The number of alkyl halides is 3. The van der Waals surface area contributed by atoms with Crippen LogP contribution in [0.3, 0.4) is 0 Å². The molecule has 0 amide bonds. The minimum absolute atomic E-state index is 0.514. The normalized spacial score (nSPS) is 11.7. The number of halogens is 3. The number of hydrogen-bond acceptors (Lipinski definition) is 2. The highest BCUT2D eigenvalue weighted by Gasteiger charge is 2.30. The first kappa shape index (κ1) is 16.9. The van der Waals surface area contributed by atoms with Gasteiger partial charge < -0.3 is 9.47 Å². The van der Waals surface area contributed by atoms with E-state index in [4.69, 9.17) is 9.47 Å². The highest BCUT2D eigenvalue weighted by molar-refractivity contribution is 5.52. The van der Waals surface area contributed by atoms with Crippen molar-refractivity contribution in [3.63, 3.8) is 0 Å². The van der Waals surface area contributed by atoms with Crippen LogP contribution in [0, 0.1) is 0 Å². The number of rotatable bonds is 5. The molecule has 0 bridgehead atoms. The van der Waals surface area contributed by atoms with Gasteiger partial charge in [0.15, 0.2) is 11.5 Å². The summed E-state index contributed by atoms with van der Waals surface area (Å²) in [6.07, 6.45) is -0.257. The fraction of sp³-hybridized carbons (Fsp3) is 0.222. The van der Waals surface area contributed by atoms with E-state index in [2.05, 4.69) is 0 Å². The van der Waals surface area contributed by atoms with E-state index in [-0.39, 0.29) is 0 Å². The maximum Gasteiger partial charge on any atom is 0.416 e. The van der Waals surface area contributed by atoms with Gasteiger partial charge in [0, 0.05) is 0 Å². The molecule has 0 fully saturated rings. The summed E-state index contributed by atoms with van der Waals surface area (Å²) in [5.41, 5.74) is 0.844. The Morgan fingerprint density at radius 1 is 0.957 bits per heavy atom. The molecule has 5 heteroatoms. The Hall–Kier alpha value is -2.43. The smallest absolute Gasteiger partial charge is 0.416 e. The predicted octanol–water partition coefficient (Wildman–Crippen LogP) is 4.98. The summed E-state index contributed by atoms with van der Waals surface area (Å²) in [4.78, 5) is 0. The topological polar surface area (TPSA) is 18.5 Å². The third-order valence-electron chi connectivity index (χ3n) is 3.33. The van der Waals surface area contributed by atoms with E-state index in [0.29, 0.717) is 23.5 Å². The maximum atomic E-state index is 12.7. The van der Waals surface area contributed by atoms with Crippen molar-refractivity contribution in [3.8, 4) is 11.5 Å². The summed E-state index contributed by atoms with van der Waals surface area (Å²) in [7, 11) is 3.12. The van der Waals surface area contributed by atoms with Gasteiger partial charge in [-0.15, -0.1) is 0 Å². The molecule has 2 aromatic carbocycles. The van der Waals surface area contributed by atoms with Gasteiger partial charge in [0.2, 0.25) is 0 Å². The van der Waals surface area contributed by atoms with Crippen LogP contribution in [-0.2, 0) is 12.6 Å². The first-order valence-corrected chi connectivity index (χ1v) is 6.98. The zero-order valence-electron chi connectivity index (χ0n) is 12.9. The summed E-state index contributed by atoms with van der Waals surface area (Å²) in [5, 5.41) is 0. The van der Waals surface area contributed by atoms with Gasteiger partial charge in [-0.2, -0.15) is 13.2 Å². The highest BCUT2D eigenvalue weighted by atomic mass is 19.4. The second-order valence-corrected chi connectivity index (χ2v) is 4.92. The predicted molar refractivity (Wildman–Crippen MR) is 83.7 cm³/mol. The lowest BCUT2D eigenvalue weighted by Crippen LogP contribution is -2.04. The van der Waals surface area contributed by atoms with Gasteiger partial charge in [0.1, 0.15) is 0 Å². The van der Waals surface area contributed by atoms with Crippen molar-refractivity contribution in [1.82, 2.24) is 0 Å². The summed E-state index contributed by atoms with van der Waals surface area (Å²) < 4.78 is 48.4. The first-order valence-electron chi connectivity index (χ1n) is 6.98. The zero-order chi connectivity index (χ0) is 16.9. The Morgan fingerprint density at radius 2 is 1.70 bits per heavy atom. The van der Waals surface area contributed by atoms with Crippen molar-refractivity contribution in [2.75, 3.05) is 14.2 Å². The van der Waals surface area contributed by atoms with Crippen LogP contribution in [0.25, 0.3) is 6.08 Å². The van der Waals surface area contributed by atoms with E-state index in [9.17, 15) is 13.2 Å². The van der Waals surface area contributed by atoms with Crippen molar-refractivity contribution < 1.29 is 22.6 Å². The summed E-state index contributed by atoms with van der Waals surface area (Å²) in [6.45, 7) is 0. The van der Waals surface area contributed by atoms with Crippen molar-refractivity contribution in [1.29, 1.82) is 0 Å². The molecule has 122 valence electrons. The van der Waals surface area contributed by atoms with Gasteiger partial charge in [-0.05, 0) is 41.8 Å². The third kappa shape index (κ3) is 4.52. The standard InChI is InChI=1S/C18H17F3O2/c1-22-16-10-9-14(12-17(16)23-2)6-3-5-13-7-4-8-15(11-13)18(19,20)21/h3-5,7-12H,6H2,1-2H3/b5-3+. The van der Waals surface area contributed by atoms with E-state index in [1.807, 2.05) is 18.2 Å². The summed E-state index contributed by atoms with van der Waals surface area (Å²) in [5.74, 6) is 1.26. The number of methoxy groups -OCH3 is 2. The average molecular weight is 322 g/mol. The van der Waals surface area contributed by atoms with Crippen molar-refractivity contribution in [2.24, 2.45) is 0 Å². The van der Waals surface area contributed by atoms with Crippen LogP contribution in [0.5, 0.6) is 11.5 Å². The van der Waals surface area contributed by atoms with Crippen LogP contribution < -0.4 is 9.47 Å². The van der Waals surface area contributed by atoms with E-state index in [1.165, 1.54) is 6.07 Å². The molecule has 0 saturated carbocycles. The van der Waals surface area contributed by atoms with Crippen LogP contribution in [0.4, 0.5) is 13.2 Å². The SMILES string of the molecule is COc1ccc(C/C=C/c2cccc(C(F)(F)F)c2)cc1OC. The molecule has 0 aromatic heterocycles. The van der Waals surface area contributed by atoms with E-state index in [0.717, 1.165) is 17.7 Å². The second kappa shape index (κ2) is 7.22. The molecule has 0 N–H and O–H groups in total. The molecule has 0 aliphatic rings. The van der Waals surface area contributed by atoms with Gasteiger partial charge in [-0.3, -0.25) is 0 Å². The Labute approximate surface area is 133 Å². The molecule has 23 heavy (non-hydrogen) atoms. The fourth-order valence-corrected chi connectivity index (χ4v) is 2.16. The van der Waals surface area contributed by atoms with E-state index >= 15 is 0 Å². The van der Waals surface area contributed by atoms with Gasteiger partial charge >= 0.3 is 6.18 Å². The van der Waals surface area contributed by atoms with Crippen molar-refractivity contribution >= 4 is 6.08 Å². The quantitative estimate of drug-likeness (QED) is 0.773. The van der Waals surface area contributed by atoms with Crippen LogP contribution >= 0.6 is 0 Å². The third-order valence-corrected chi connectivity index (χ3v) is 3.33. The Balaban J connectivity index is 2.10. The van der Waals surface area contributed by atoms with Crippen molar-refractivity contribution in [2.45, 2.75) is 12.6 Å². The van der Waals surface area contributed by atoms with Crippen LogP contribution in [0.1, 0.15) is 16.7 Å². The van der Waals surface area contributed by atoms with Crippen LogP contribution in [-0.4, -0.2) is 14.2 Å². The van der Waals surface area contributed by atoms with Gasteiger partial charge in [0.25, 0.3) is 0 Å². The molecule has 2 nitrogen and oxygen atoms in total. The van der Waals surface area contributed by atoms with Gasteiger partial charge in [-0.25, -0.2) is 0 Å². The Morgan fingerprint density at radius 3 is 2.35 bits per heavy atom. The minimum Gasteiger partial charge on any atom is -0.493 e. The molecule has 2 aromatic rings. The lowest BCUT2D eigenvalue weighted by molar-refractivity contribution is -0.137. The lowest BCUT2D eigenvalue weighted by atomic mass is 10.1. The van der Waals surface area contributed by atoms with Crippen molar-refractivity contribution in [3.05, 3.63) is 65.2 Å². The first-order chi connectivity index (χ1) is 10.9. The minimum atomic E-state index is -4.33. The summed E-state index contributed by atoms with van der Waals surface area (Å²) >= 11 is 0. The number of ether oxygens (including phenoxy) is 2. The molecule has 2 rings (SSSR count). The molecule has 0 heterocycles. The highest BCUT2D eigenvalue weighted by Crippen LogP contribution is 2.30. The van der Waals surface area contributed by atoms with E-state index < -0.39 is 11.7 Å². The number of allylic oxidation sites excluding steroid dienone is 1. The largest absolute Gasteiger partial charge is 0.493 e. The van der Waals surface area contributed by atoms with E-state index in [1.54, 1.807) is 32.4 Å². The molecule has 0 spiro atoms. The van der Waals surface area contributed by atoms with Crippen LogP contribution in [0.2, 0.25) is 0 Å². The molecular weight excluding hydrogens is 305 g/mol. The molecule has 0 saturated heterocycles. The number of hydrogen-bond donors (Lipinski definition) is 0. The Kier molecular flexibility index (Phi) is 5.32. The molecule has 0 atom stereocenters. The molecule has 0 radical (unpaired) electrons. The molecule has 0 aliphatic carbocycles. The van der Waals surface area contributed by atoms with Gasteiger partial charge in [-0.1, -0.05) is 30.4 Å². The number of benzene rings is 2. The maximum absolute atomic E-state index is 12.7. The lowest BCUT2D eigenvalue weighted by Gasteiger charge is -2.08. The fourth-order valence-electron chi connectivity index (χ4n) is 2.16. The second-order valence-electron chi connectivity index (χ2n) is 4.92. The molecular formula is C18H17F3O2. The van der Waals surface area contributed by atoms with Gasteiger partial charge in [0.05, 0.1) is 19.8 Å². The molecule has 0 unspecified atom stereocenters.